The number of unbranched alkanes of at least 4 members (excludes halogenated alkanes) is 10. The standard InChI is InChI=1S/C20H36N/c1-4-5-6-7-8-9-10-11-12-13-14-17-21-18-19(2)15-16-20(21)3/h15-16,18H,4-14,17H2,1-3H3/q+1. The maximum absolute atomic E-state index is 2.41. The Labute approximate surface area is 132 Å². The van der Waals surface area contributed by atoms with Crippen LogP contribution in [0.1, 0.15) is 88.8 Å². The summed E-state index contributed by atoms with van der Waals surface area (Å²) >= 11 is 0. The molecule has 0 saturated carbocycles. The molecule has 1 heteroatoms. The van der Waals surface area contributed by atoms with E-state index in [2.05, 4.69) is 43.7 Å². The minimum atomic E-state index is 1.19. The van der Waals surface area contributed by atoms with Crippen LogP contribution in [0.15, 0.2) is 18.3 Å². The highest BCUT2D eigenvalue weighted by Crippen LogP contribution is 2.11. The van der Waals surface area contributed by atoms with Crippen molar-refractivity contribution in [1.29, 1.82) is 0 Å². The van der Waals surface area contributed by atoms with Crippen molar-refractivity contribution in [3.63, 3.8) is 0 Å². The van der Waals surface area contributed by atoms with E-state index in [1.807, 2.05) is 0 Å². The molecule has 0 spiro atoms. The third-order valence-electron chi connectivity index (χ3n) is 4.40. The summed E-state index contributed by atoms with van der Waals surface area (Å²) < 4.78 is 2.41. The Kier molecular flexibility index (Phi) is 10.2. The molecular formula is C20H36N+. The summed E-state index contributed by atoms with van der Waals surface area (Å²) in [5.41, 5.74) is 2.75. The summed E-state index contributed by atoms with van der Waals surface area (Å²) in [4.78, 5) is 0. The highest BCUT2D eigenvalue weighted by Gasteiger charge is 2.05. The van der Waals surface area contributed by atoms with Gasteiger partial charge in [0.25, 0.3) is 0 Å². The van der Waals surface area contributed by atoms with Gasteiger partial charge in [0.15, 0.2) is 11.9 Å². The van der Waals surface area contributed by atoms with E-state index in [0.717, 1.165) is 0 Å². The molecule has 0 radical (unpaired) electrons. The Morgan fingerprint density at radius 1 is 0.714 bits per heavy atom. The molecule has 0 aliphatic heterocycles. The lowest BCUT2D eigenvalue weighted by Crippen LogP contribution is -2.36. The molecule has 0 atom stereocenters. The summed E-state index contributed by atoms with van der Waals surface area (Å²) in [6, 6.07) is 4.43. The van der Waals surface area contributed by atoms with E-state index in [-0.39, 0.29) is 0 Å². The Hall–Kier alpha value is -0.850. The monoisotopic (exact) mass is 290 g/mol. The lowest BCUT2D eigenvalue weighted by atomic mass is 10.1. The van der Waals surface area contributed by atoms with Gasteiger partial charge in [0.1, 0.15) is 6.54 Å². The molecule has 0 amide bonds. The molecule has 0 fully saturated rings. The summed E-state index contributed by atoms with van der Waals surface area (Å²) in [7, 11) is 0. The summed E-state index contributed by atoms with van der Waals surface area (Å²) in [6.07, 6.45) is 17.9. The smallest absolute Gasteiger partial charge is 0.178 e. The number of pyridine rings is 1. The molecule has 0 aromatic carbocycles. The normalized spacial score (nSPS) is 11.0. The molecular weight excluding hydrogens is 254 g/mol. The van der Waals surface area contributed by atoms with E-state index >= 15 is 0 Å². The zero-order valence-corrected chi connectivity index (χ0v) is 14.7. The first-order valence-electron chi connectivity index (χ1n) is 9.20. The van der Waals surface area contributed by atoms with Crippen LogP contribution in [0.5, 0.6) is 0 Å². The molecule has 1 aromatic heterocycles. The molecule has 0 saturated heterocycles. The molecule has 21 heavy (non-hydrogen) atoms. The van der Waals surface area contributed by atoms with Gasteiger partial charge in [0.05, 0.1) is 0 Å². The number of nitrogens with zero attached hydrogens (tertiary/aromatic N) is 1. The fourth-order valence-electron chi connectivity index (χ4n) is 2.93. The fraction of sp³-hybridized carbons (Fsp3) is 0.750. The molecule has 1 rings (SSSR count). The van der Waals surface area contributed by atoms with E-state index in [0.29, 0.717) is 0 Å². The molecule has 1 heterocycles. The minimum Gasteiger partial charge on any atom is -0.202 e. The molecule has 0 aliphatic rings. The SMILES string of the molecule is CCCCCCCCCCCCC[n+]1cc(C)ccc1C. The van der Waals surface area contributed by atoms with Crippen molar-refractivity contribution in [3.05, 3.63) is 29.6 Å². The van der Waals surface area contributed by atoms with Crippen LogP contribution in [0.4, 0.5) is 0 Å². The Balaban J connectivity index is 1.94. The lowest BCUT2D eigenvalue weighted by Gasteiger charge is -2.03. The second-order valence-corrected chi connectivity index (χ2v) is 6.58. The van der Waals surface area contributed by atoms with Crippen molar-refractivity contribution in [2.24, 2.45) is 0 Å². The van der Waals surface area contributed by atoms with Crippen LogP contribution in [0.2, 0.25) is 0 Å². The molecule has 1 aromatic rings. The largest absolute Gasteiger partial charge is 0.202 e. The van der Waals surface area contributed by atoms with Gasteiger partial charge < -0.3 is 0 Å². The summed E-state index contributed by atoms with van der Waals surface area (Å²) in [5.74, 6) is 0. The van der Waals surface area contributed by atoms with Gasteiger partial charge in [-0.25, -0.2) is 4.57 Å². The Bertz CT molecular complexity index is 370. The highest BCUT2D eigenvalue weighted by molar-refractivity contribution is 5.05. The quantitative estimate of drug-likeness (QED) is 0.333. The van der Waals surface area contributed by atoms with Gasteiger partial charge in [-0.3, -0.25) is 0 Å². The zero-order valence-electron chi connectivity index (χ0n) is 14.7. The number of aromatic nitrogens is 1. The van der Waals surface area contributed by atoms with Crippen molar-refractivity contribution in [3.8, 4) is 0 Å². The van der Waals surface area contributed by atoms with Gasteiger partial charge in [-0.15, -0.1) is 0 Å². The lowest BCUT2D eigenvalue weighted by molar-refractivity contribution is -0.703. The predicted octanol–water partition coefficient (Wildman–Crippen LogP) is 5.90. The maximum atomic E-state index is 2.41. The Morgan fingerprint density at radius 3 is 1.81 bits per heavy atom. The van der Waals surface area contributed by atoms with Gasteiger partial charge in [-0.2, -0.15) is 0 Å². The molecule has 0 aliphatic carbocycles. The van der Waals surface area contributed by atoms with Crippen molar-refractivity contribution in [1.82, 2.24) is 0 Å². The van der Waals surface area contributed by atoms with Crippen LogP contribution in [-0.4, -0.2) is 0 Å². The van der Waals surface area contributed by atoms with Crippen molar-refractivity contribution >= 4 is 0 Å². The van der Waals surface area contributed by atoms with Crippen LogP contribution < -0.4 is 4.57 Å². The minimum absolute atomic E-state index is 1.19. The predicted molar refractivity (Wildman–Crippen MR) is 92.6 cm³/mol. The summed E-state index contributed by atoms with van der Waals surface area (Å²) in [6.45, 7) is 7.86. The number of rotatable bonds is 12. The van der Waals surface area contributed by atoms with Gasteiger partial charge in [-0.05, 0) is 19.4 Å². The summed E-state index contributed by atoms with van der Waals surface area (Å²) in [5, 5.41) is 0. The van der Waals surface area contributed by atoms with Crippen molar-refractivity contribution < 1.29 is 4.57 Å². The first kappa shape index (κ1) is 18.2. The maximum Gasteiger partial charge on any atom is 0.178 e. The number of hydrogen-bond acceptors (Lipinski definition) is 0. The molecule has 0 N–H and O–H groups in total. The molecule has 120 valence electrons. The number of aryl methyl sites for hydroxylation is 3. The van der Waals surface area contributed by atoms with E-state index in [9.17, 15) is 0 Å². The topological polar surface area (TPSA) is 3.88 Å². The van der Waals surface area contributed by atoms with Crippen molar-refractivity contribution in [2.75, 3.05) is 0 Å². The van der Waals surface area contributed by atoms with E-state index in [1.165, 1.54) is 88.4 Å². The first-order chi connectivity index (χ1) is 10.2. The van der Waals surface area contributed by atoms with Gasteiger partial charge in [-0.1, -0.05) is 64.7 Å². The number of hydrogen-bond donors (Lipinski definition) is 0. The Morgan fingerprint density at radius 2 is 1.24 bits per heavy atom. The third-order valence-corrected chi connectivity index (χ3v) is 4.40. The second kappa shape index (κ2) is 11.8. The van der Waals surface area contributed by atoms with Crippen LogP contribution in [0.3, 0.4) is 0 Å². The van der Waals surface area contributed by atoms with Crippen molar-refractivity contribution in [2.45, 2.75) is 97.9 Å². The highest BCUT2D eigenvalue weighted by atomic mass is 14.9. The van der Waals surface area contributed by atoms with Crippen LogP contribution >= 0.6 is 0 Å². The van der Waals surface area contributed by atoms with Gasteiger partial charge >= 0.3 is 0 Å². The van der Waals surface area contributed by atoms with Crippen LogP contribution in [0, 0.1) is 13.8 Å². The van der Waals surface area contributed by atoms with E-state index in [4.69, 9.17) is 0 Å². The van der Waals surface area contributed by atoms with Crippen LogP contribution in [-0.2, 0) is 6.54 Å². The molecule has 0 unspecified atom stereocenters. The first-order valence-corrected chi connectivity index (χ1v) is 9.20. The zero-order chi connectivity index (χ0) is 15.3. The van der Waals surface area contributed by atoms with E-state index < -0.39 is 0 Å². The van der Waals surface area contributed by atoms with E-state index in [1.54, 1.807) is 0 Å². The second-order valence-electron chi connectivity index (χ2n) is 6.58. The average Bonchev–Trinajstić information content (AvgIpc) is 2.48. The average molecular weight is 291 g/mol. The van der Waals surface area contributed by atoms with Crippen LogP contribution in [0.25, 0.3) is 0 Å². The van der Waals surface area contributed by atoms with Gasteiger partial charge in [0.2, 0.25) is 0 Å². The molecule has 1 nitrogen and oxygen atoms in total. The third kappa shape index (κ3) is 8.90. The van der Waals surface area contributed by atoms with Gasteiger partial charge in [0, 0.05) is 25.0 Å². The molecule has 0 bridgehead atoms. The fourth-order valence-corrected chi connectivity index (χ4v) is 2.93.